The predicted molar refractivity (Wildman–Crippen MR) is 66.7 cm³/mol. The predicted octanol–water partition coefficient (Wildman–Crippen LogP) is 1.29. The molecule has 1 fully saturated rings. The van der Waals surface area contributed by atoms with Gasteiger partial charge in [0.2, 0.25) is 11.8 Å². The molecular weight excluding hydrogens is 236 g/mol. The maximum Gasteiger partial charge on any atom is 0.245 e. The number of hydrogen-bond acceptors (Lipinski definition) is 3. The highest BCUT2D eigenvalue weighted by molar-refractivity contribution is 7.11. The number of carbonyl (C=O) groups is 2. The molecule has 2 rings (SSSR count). The van der Waals surface area contributed by atoms with Crippen LogP contribution in [0.4, 0.5) is 0 Å². The van der Waals surface area contributed by atoms with Crippen molar-refractivity contribution in [3.8, 4) is 0 Å². The van der Waals surface area contributed by atoms with Gasteiger partial charge in [-0.05, 0) is 25.5 Å². The van der Waals surface area contributed by atoms with Crippen molar-refractivity contribution in [3.05, 3.63) is 21.9 Å². The van der Waals surface area contributed by atoms with Crippen LogP contribution in [0, 0.1) is 6.92 Å². The molecule has 5 heteroatoms. The molecule has 1 atom stereocenters. The minimum atomic E-state index is -0.350. The van der Waals surface area contributed by atoms with E-state index in [0.29, 0.717) is 13.0 Å². The summed E-state index contributed by atoms with van der Waals surface area (Å²) in [7, 11) is 0. The molecule has 0 spiro atoms. The minimum Gasteiger partial charge on any atom is -0.343 e. The fourth-order valence-electron chi connectivity index (χ4n) is 1.94. The molecule has 1 aliphatic rings. The number of piperazine rings is 1. The van der Waals surface area contributed by atoms with Crippen molar-refractivity contribution in [1.82, 2.24) is 10.2 Å². The van der Waals surface area contributed by atoms with Crippen molar-refractivity contribution in [3.63, 3.8) is 0 Å². The molecule has 1 aromatic rings. The van der Waals surface area contributed by atoms with Gasteiger partial charge in [-0.2, -0.15) is 0 Å². The quantitative estimate of drug-likeness (QED) is 0.881. The number of rotatable bonds is 3. The van der Waals surface area contributed by atoms with Gasteiger partial charge in [0, 0.05) is 9.75 Å². The zero-order chi connectivity index (χ0) is 12.4. The monoisotopic (exact) mass is 252 g/mol. The van der Waals surface area contributed by atoms with E-state index in [1.807, 2.05) is 26.0 Å². The van der Waals surface area contributed by atoms with Crippen LogP contribution in [0.15, 0.2) is 12.1 Å². The maximum atomic E-state index is 12.0. The molecule has 17 heavy (non-hydrogen) atoms. The van der Waals surface area contributed by atoms with E-state index in [9.17, 15) is 9.59 Å². The molecule has 0 saturated carbocycles. The van der Waals surface area contributed by atoms with Crippen LogP contribution in [0.25, 0.3) is 0 Å². The Bertz CT molecular complexity index is 441. The molecular formula is C12H16N2O2S. The molecule has 0 bridgehead atoms. The summed E-state index contributed by atoms with van der Waals surface area (Å²) in [5, 5.41) is 2.71. The second-order valence-electron chi connectivity index (χ2n) is 4.24. The fraction of sp³-hybridized carbons (Fsp3) is 0.500. The Morgan fingerprint density at radius 1 is 1.47 bits per heavy atom. The average Bonchev–Trinajstić information content (AvgIpc) is 2.69. The van der Waals surface area contributed by atoms with Gasteiger partial charge in [0.15, 0.2) is 0 Å². The first-order valence-corrected chi connectivity index (χ1v) is 6.55. The molecule has 1 N–H and O–H groups in total. The summed E-state index contributed by atoms with van der Waals surface area (Å²) in [4.78, 5) is 27.5. The first-order chi connectivity index (χ1) is 8.10. The summed E-state index contributed by atoms with van der Waals surface area (Å²) >= 11 is 1.67. The second kappa shape index (κ2) is 4.87. The molecule has 0 aromatic carbocycles. The van der Waals surface area contributed by atoms with E-state index in [-0.39, 0.29) is 24.4 Å². The van der Waals surface area contributed by atoms with Crippen molar-refractivity contribution in [2.75, 3.05) is 6.54 Å². The van der Waals surface area contributed by atoms with Gasteiger partial charge < -0.3 is 10.2 Å². The number of nitrogens with one attached hydrogen (secondary N) is 1. The van der Waals surface area contributed by atoms with Crippen molar-refractivity contribution < 1.29 is 9.59 Å². The van der Waals surface area contributed by atoms with Crippen LogP contribution in [0.1, 0.15) is 23.1 Å². The van der Waals surface area contributed by atoms with Gasteiger partial charge >= 0.3 is 0 Å². The molecule has 4 nitrogen and oxygen atoms in total. The van der Waals surface area contributed by atoms with Gasteiger partial charge in [0.1, 0.15) is 6.04 Å². The van der Waals surface area contributed by atoms with Crippen LogP contribution < -0.4 is 5.32 Å². The Labute approximate surface area is 105 Å². The van der Waals surface area contributed by atoms with Crippen LogP contribution in [0.5, 0.6) is 0 Å². The van der Waals surface area contributed by atoms with Gasteiger partial charge in [-0.1, -0.05) is 6.92 Å². The van der Waals surface area contributed by atoms with E-state index in [2.05, 4.69) is 5.32 Å². The highest BCUT2D eigenvalue weighted by atomic mass is 32.1. The van der Waals surface area contributed by atoms with E-state index in [1.54, 1.807) is 16.2 Å². The molecule has 2 heterocycles. The van der Waals surface area contributed by atoms with Crippen LogP contribution in [-0.2, 0) is 16.1 Å². The normalized spacial score (nSPS) is 20.6. The largest absolute Gasteiger partial charge is 0.343 e. The van der Waals surface area contributed by atoms with Crippen molar-refractivity contribution in [1.29, 1.82) is 0 Å². The number of aryl methyl sites for hydroxylation is 1. The van der Waals surface area contributed by atoms with Gasteiger partial charge in [-0.3, -0.25) is 9.59 Å². The summed E-state index contributed by atoms with van der Waals surface area (Å²) in [6, 6.07) is 3.70. The topological polar surface area (TPSA) is 49.4 Å². The lowest BCUT2D eigenvalue weighted by Gasteiger charge is -2.31. The Kier molecular flexibility index (Phi) is 3.47. The van der Waals surface area contributed by atoms with Crippen LogP contribution >= 0.6 is 11.3 Å². The first kappa shape index (κ1) is 12.1. The Hall–Kier alpha value is -1.36. The Morgan fingerprint density at radius 3 is 2.82 bits per heavy atom. The number of carbonyl (C=O) groups excluding carboxylic acids is 2. The van der Waals surface area contributed by atoms with Crippen molar-refractivity contribution in [2.45, 2.75) is 32.9 Å². The van der Waals surface area contributed by atoms with Crippen LogP contribution in [0.3, 0.4) is 0 Å². The lowest BCUT2D eigenvalue weighted by atomic mass is 10.1. The Morgan fingerprint density at radius 2 is 2.24 bits per heavy atom. The van der Waals surface area contributed by atoms with Crippen LogP contribution in [0.2, 0.25) is 0 Å². The highest BCUT2D eigenvalue weighted by Crippen LogP contribution is 2.18. The maximum absolute atomic E-state index is 12.0. The van der Waals surface area contributed by atoms with Gasteiger partial charge in [0.25, 0.3) is 0 Å². The third-order valence-electron chi connectivity index (χ3n) is 2.83. The SMILES string of the molecule is CCC1NC(=O)CN(Cc2ccc(C)s2)C1=O. The summed E-state index contributed by atoms with van der Waals surface area (Å²) < 4.78 is 0. The van der Waals surface area contributed by atoms with E-state index in [1.165, 1.54) is 4.88 Å². The zero-order valence-corrected chi connectivity index (χ0v) is 10.8. The summed E-state index contributed by atoms with van der Waals surface area (Å²) in [5.74, 6) is -0.0390. The first-order valence-electron chi connectivity index (χ1n) is 5.73. The summed E-state index contributed by atoms with van der Waals surface area (Å²) in [6.45, 7) is 4.66. The highest BCUT2D eigenvalue weighted by Gasteiger charge is 2.31. The zero-order valence-electron chi connectivity index (χ0n) is 10.0. The second-order valence-corrected chi connectivity index (χ2v) is 5.61. The van der Waals surface area contributed by atoms with Gasteiger partial charge in [-0.15, -0.1) is 11.3 Å². The standard InChI is InChI=1S/C12H16N2O2S/c1-3-10-12(16)14(7-11(15)13-10)6-9-5-4-8(2)17-9/h4-5,10H,3,6-7H2,1-2H3,(H,13,15). The fourth-order valence-corrected chi connectivity index (χ4v) is 2.85. The van der Waals surface area contributed by atoms with E-state index >= 15 is 0 Å². The molecule has 92 valence electrons. The lowest BCUT2D eigenvalue weighted by molar-refractivity contribution is -0.144. The Balaban J connectivity index is 2.09. The van der Waals surface area contributed by atoms with E-state index in [0.717, 1.165) is 4.88 Å². The molecule has 1 aromatic heterocycles. The van der Waals surface area contributed by atoms with Crippen LogP contribution in [-0.4, -0.2) is 29.3 Å². The number of thiophene rings is 1. The summed E-state index contributed by atoms with van der Waals surface area (Å²) in [6.07, 6.45) is 0.643. The summed E-state index contributed by atoms with van der Waals surface area (Å²) in [5.41, 5.74) is 0. The lowest BCUT2D eigenvalue weighted by Crippen LogP contribution is -2.57. The third-order valence-corrected chi connectivity index (χ3v) is 3.82. The smallest absolute Gasteiger partial charge is 0.245 e. The molecule has 2 amide bonds. The molecule has 0 aliphatic carbocycles. The molecule has 0 radical (unpaired) electrons. The third kappa shape index (κ3) is 2.66. The van der Waals surface area contributed by atoms with Crippen molar-refractivity contribution >= 4 is 23.2 Å². The average molecular weight is 252 g/mol. The van der Waals surface area contributed by atoms with Crippen molar-refractivity contribution in [2.24, 2.45) is 0 Å². The number of amides is 2. The molecule has 1 aliphatic heterocycles. The number of nitrogens with zero attached hydrogens (tertiary/aromatic N) is 1. The minimum absolute atomic E-state index is 0.0261. The van der Waals surface area contributed by atoms with E-state index in [4.69, 9.17) is 0 Å². The molecule has 1 unspecified atom stereocenters. The molecule has 1 saturated heterocycles. The van der Waals surface area contributed by atoms with Gasteiger partial charge in [0.05, 0.1) is 13.1 Å². The van der Waals surface area contributed by atoms with E-state index < -0.39 is 0 Å². The number of hydrogen-bond donors (Lipinski definition) is 1. The van der Waals surface area contributed by atoms with Gasteiger partial charge in [-0.25, -0.2) is 0 Å².